The molecule has 0 aromatic heterocycles. The van der Waals surface area contributed by atoms with Gasteiger partial charge in [-0.05, 0) is 19.3 Å². The van der Waals surface area contributed by atoms with Crippen LogP contribution in [0.5, 0.6) is 11.5 Å². The van der Waals surface area contributed by atoms with Crippen molar-refractivity contribution in [3.63, 3.8) is 0 Å². The van der Waals surface area contributed by atoms with Crippen LogP contribution in [-0.4, -0.2) is 12.9 Å². The maximum Gasteiger partial charge on any atom is 0.235 e. The number of halogens is 2. The molecule has 0 saturated heterocycles. The summed E-state index contributed by atoms with van der Waals surface area (Å²) in [5.74, 6) is 0.0963. The summed E-state index contributed by atoms with van der Waals surface area (Å²) in [5.41, 5.74) is -0.675. The minimum atomic E-state index is -0.894. The number of rotatable bonds is 2. The van der Waals surface area contributed by atoms with E-state index in [2.05, 4.69) is 4.99 Å². The molecule has 0 radical (unpaired) electrons. The van der Waals surface area contributed by atoms with E-state index >= 15 is 0 Å². The van der Waals surface area contributed by atoms with Crippen LogP contribution < -0.4 is 9.47 Å². The number of hydrogen-bond donors (Lipinski definition) is 0. The van der Waals surface area contributed by atoms with Crippen LogP contribution in [0.25, 0.3) is 0 Å². The second kappa shape index (κ2) is 3.97. The van der Waals surface area contributed by atoms with Crippen LogP contribution in [0, 0.1) is 5.82 Å². The fourth-order valence-electron chi connectivity index (χ4n) is 2.42. The van der Waals surface area contributed by atoms with Crippen molar-refractivity contribution in [2.24, 2.45) is 4.99 Å². The van der Waals surface area contributed by atoms with E-state index < -0.39 is 11.4 Å². The normalized spacial score (nSPS) is 19.0. The lowest BCUT2D eigenvalue weighted by atomic mass is 9.71. The van der Waals surface area contributed by atoms with E-state index in [1.165, 1.54) is 12.1 Å². The summed E-state index contributed by atoms with van der Waals surface area (Å²) in [6.07, 6.45) is 3.54. The Labute approximate surface area is 107 Å². The van der Waals surface area contributed by atoms with Crippen LogP contribution in [0.2, 0.25) is 5.02 Å². The third kappa shape index (κ3) is 1.44. The largest absolute Gasteiger partial charge is 0.454 e. The summed E-state index contributed by atoms with van der Waals surface area (Å²) in [6, 6.07) is 1.37. The first-order valence-corrected chi connectivity index (χ1v) is 5.93. The molecular formula is C12H9ClFNO3. The molecule has 0 atom stereocenters. The molecule has 0 spiro atoms. The first-order valence-electron chi connectivity index (χ1n) is 5.55. The molecule has 0 unspecified atom stereocenters. The van der Waals surface area contributed by atoms with E-state index in [1.54, 1.807) is 0 Å². The van der Waals surface area contributed by atoms with Crippen LogP contribution in [0.15, 0.2) is 11.1 Å². The lowest BCUT2D eigenvalue weighted by molar-refractivity contribution is 0.168. The minimum Gasteiger partial charge on any atom is -0.454 e. The third-order valence-electron chi connectivity index (χ3n) is 3.46. The summed E-state index contributed by atoms with van der Waals surface area (Å²) >= 11 is 5.83. The number of carbonyl (C=O) groups excluding carboxylic acids is 1. The van der Waals surface area contributed by atoms with Gasteiger partial charge in [0, 0.05) is 6.07 Å². The average Bonchev–Trinajstić information content (AvgIpc) is 2.74. The monoisotopic (exact) mass is 269 g/mol. The third-order valence-corrected chi connectivity index (χ3v) is 3.74. The Bertz CT molecular complexity index is 565. The van der Waals surface area contributed by atoms with Crippen LogP contribution in [0.4, 0.5) is 4.39 Å². The fraction of sp³-hybridized carbons (Fsp3) is 0.417. The lowest BCUT2D eigenvalue weighted by Gasteiger charge is -2.37. The first-order chi connectivity index (χ1) is 8.68. The molecule has 18 heavy (non-hydrogen) atoms. The summed E-state index contributed by atoms with van der Waals surface area (Å²) in [5, 5.41) is -0.0541. The summed E-state index contributed by atoms with van der Waals surface area (Å²) in [7, 11) is 0. The van der Waals surface area contributed by atoms with E-state index in [0.29, 0.717) is 24.3 Å². The van der Waals surface area contributed by atoms with Crippen molar-refractivity contribution in [2.75, 3.05) is 6.79 Å². The van der Waals surface area contributed by atoms with Gasteiger partial charge in [-0.3, -0.25) is 0 Å². The van der Waals surface area contributed by atoms with Gasteiger partial charge in [-0.2, -0.15) is 4.99 Å². The van der Waals surface area contributed by atoms with E-state index in [0.717, 1.165) is 6.42 Å². The van der Waals surface area contributed by atoms with Gasteiger partial charge in [-0.25, -0.2) is 9.18 Å². The highest BCUT2D eigenvalue weighted by Gasteiger charge is 2.45. The van der Waals surface area contributed by atoms with Crippen LogP contribution in [0.3, 0.4) is 0 Å². The standard InChI is InChI=1S/C12H9ClFNO3/c13-7-4-8-11(18-6-17-8)9(10(7)14)12(15-5-16)2-1-3-12/h4H,1-3,6H2. The smallest absolute Gasteiger partial charge is 0.235 e. The summed E-state index contributed by atoms with van der Waals surface area (Å²) < 4.78 is 24.7. The number of hydrogen-bond acceptors (Lipinski definition) is 4. The second-order valence-electron chi connectivity index (χ2n) is 4.37. The summed E-state index contributed by atoms with van der Waals surface area (Å²) in [4.78, 5) is 14.3. The van der Waals surface area contributed by atoms with Gasteiger partial charge in [-0.1, -0.05) is 11.6 Å². The topological polar surface area (TPSA) is 47.9 Å². The second-order valence-corrected chi connectivity index (χ2v) is 4.78. The molecule has 94 valence electrons. The van der Waals surface area contributed by atoms with Crippen molar-refractivity contribution >= 4 is 17.7 Å². The van der Waals surface area contributed by atoms with Crippen molar-refractivity contribution < 1.29 is 18.7 Å². The lowest BCUT2D eigenvalue weighted by Crippen LogP contribution is -2.33. The molecule has 1 saturated carbocycles. The van der Waals surface area contributed by atoms with E-state index in [4.69, 9.17) is 21.1 Å². The van der Waals surface area contributed by atoms with E-state index in [1.807, 2.05) is 0 Å². The van der Waals surface area contributed by atoms with Crippen LogP contribution in [-0.2, 0) is 10.3 Å². The molecule has 1 heterocycles. The Morgan fingerprint density at radius 3 is 2.83 bits per heavy atom. The number of fused-ring (bicyclic) bond motifs is 1. The zero-order valence-corrected chi connectivity index (χ0v) is 10.1. The van der Waals surface area contributed by atoms with Crippen molar-refractivity contribution in [3.8, 4) is 11.5 Å². The molecule has 1 aromatic rings. The van der Waals surface area contributed by atoms with Crippen molar-refractivity contribution in [1.82, 2.24) is 0 Å². The Morgan fingerprint density at radius 2 is 2.22 bits per heavy atom. The highest BCUT2D eigenvalue weighted by atomic mass is 35.5. The number of benzene rings is 1. The zero-order chi connectivity index (χ0) is 12.8. The Hall–Kier alpha value is -1.58. The molecule has 1 aromatic carbocycles. The van der Waals surface area contributed by atoms with Gasteiger partial charge in [0.1, 0.15) is 5.54 Å². The van der Waals surface area contributed by atoms with E-state index in [9.17, 15) is 9.18 Å². The molecule has 1 aliphatic carbocycles. The van der Waals surface area contributed by atoms with Gasteiger partial charge in [0.15, 0.2) is 17.3 Å². The number of aliphatic imine (C=N–C) groups is 1. The molecular weight excluding hydrogens is 261 g/mol. The fourth-order valence-corrected chi connectivity index (χ4v) is 2.61. The quantitative estimate of drug-likeness (QED) is 0.613. The van der Waals surface area contributed by atoms with Gasteiger partial charge < -0.3 is 9.47 Å². The van der Waals surface area contributed by atoms with Crippen molar-refractivity contribution in [2.45, 2.75) is 24.8 Å². The van der Waals surface area contributed by atoms with Crippen LogP contribution >= 0.6 is 11.6 Å². The highest BCUT2D eigenvalue weighted by molar-refractivity contribution is 6.31. The van der Waals surface area contributed by atoms with Gasteiger partial charge in [0.2, 0.25) is 12.9 Å². The number of isocyanates is 1. The molecule has 1 fully saturated rings. The number of ether oxygens (including phenoxy) is 2. The molecule has 0 amide bonds. The molecule has 2 aliphatic rings. The molecule has 3 rings (SSSR count). The maximum atomic E-state index is 14.2. The number of nitrogens with zero attached hydrogens (tertiary/aromatic N) is 1. The molecule has 1 aliphatic heterocycles. The van der Waals surface area contributed by atoms with Crippen LogP contribution in [0.1, 0.15) is 24.8 Å². The van der Waals surface area contributed by atoms with E-state index in [-0.39, 0.29) is 17.4 Å². The Balaban J connectivity index is 2.25. The van der Waals surface area contributed by atoms with Gasteiger partial charge in [-0.15, -0.1) is 0 Å². The van der Waals surface area contributed by atoms with Gasteiger partial charge in [0.25, 0.3) is 0 Å². The molecule has 6 heteroatoms. The summed E-state index contributed by atoms with van der Waals surface area (Å²) in [6.45, 7) is 0.0169. The first kappa shape index (κ1) is 11.5. The average molecular weight is 270 g/mol. The van der Waals surface area contributed by atoms with Gasteiger partial charge in [0.05, 0.1) is 10.6 Å². The SMILES string of the molecule is O=C=NC1(c2c(F)c(Cl)cc3c2OCO3)CCC1. The zero-order valence-electron chi connectivity index (χ0n) is 9.33. The highest BCUT2D eigenvalue weighted by Crippen LogP contribution is 2.53. The maximum absolute atomic E-state index is 14.2. The Kier molecular flexibility index (Phi) is 2.54. The Morgan fingerprint density at radius 1 is 1.44 bits per heavy atom. The van der Waals surface area contributed by atoms with Crippen molar-refractivity contribution in [3.05, 3.63) is 22.5 Å². The van der Waals surface area contributed by atoms with Crippen molar-refractivity contribution in [1.29, 1.82) is 0 Å². The molecule has 0 N–H and O–H groups in total. The molecule has 0 bridgehead atoms. The predicted molar refractivity (Wildman–Crippen MR) is 61.2 cm³/mol. The molecule has 4 nitrogen and oxygen atoms in total. The van der Waals surface area contributed by atoms with Gasteiger partial charge >= 0.3 is 0 Å². The minimum absolute atomic E-state index is 0.0169. The predicted octanol–water partition coefficient (Wildman–Crippen LogP) is 2.92.